The normalized spacial score (nSPS) is 17.2. The van der Waals surface area contributed by atoms with Crippen LogP contribution in [0.3, 0.4) is 0 Å². The van der Waals surface area contributed by atoms with Gasteiger partial charge in [0.05, 0.1) is 5.02 Å². The van der Waals surface area contributed by atoms with Crippen LogP contribution in [0, 0.1) is 5.92 Å². The van der Waals surface area contributed by atoms with Crippen LogP contribution in [0.15, 0.2) is 18.2 Å². The molecule has 0 saturated carbocycles. The molecule has 1 saturated heterocycles. The molecule has 0 spiro atoms. The zero-order valence-corrected chi connectivity index (χ0v) is 10.5. The Morgan fingerprint density at radius 2 is 2.12 bits per heavy atom. The van der Waals surface area contributed by atoms with Gasteiger partial charge in [0.25, 0.3) is 0 Å². The fourth-order valence-electron chi connectivity index (χ4n) is 2.03. The first-order chi connectivity index (χ1) is 8.25. The summed E-state index contributed by atoms with van der Waals surface area (Å²) in [5.41, 5.74) is 1.10. The molecular formula is C13H18ClNO2. The molecule has 1 aromatic rings. The van der Waals surface area contributed by atoms with E-state index >= 15 is 0 Å². The molecule has 0 radical (unpaired) electrons. The Bertz CT molecular complexity index is 364. The maximum absolute atomic E-state index is 9.31. The summed E-state index contributed by atoms with van der Waals surface area (Å²) in [5, 5.41) is 13.1. The smallest absolute Gasteiger partial charge is 0.134 e. The molecule has 1 aliphatic heterocycles. The van der Waals surface area contributed by atoms with Crippen molar-refractivity contribution in [2.45, 2.75) is 19.4 Å². The minimum Gasteiger partial charge on any atom is -0.506 e. The van der Waals surface area contributed by atoms with E-state index in [1.54, 1.807) is 12.1 Å². The van der Waals surface area contributed by atoms with Crippen LogP contribution in [0.25, 0.3) is 0 Å². The summed E-state index contributed by atoms with van der Waals surface area (Å²) in [7, 11) is 0. The van der Waals surface area contributed by atoms with Gasteiger partial charge in [0.2, 0.25) is 0 Å². The van der Waals surface area contributed by atoms with Gasteiger partial charge >= 0.3 is 0 Å². The second-order valence-corrected chi connectivity index (χ2v) is 4.88. The van der Waals surface area contributed by atoms with Gasteiger partial charge in [-0.1, -0.05) is 17.7 Å². The predicted octanol–water partition coefficient (Wildman–Crippen LogP) is 2.56. The van der Waals surface area contributed by atoms with Crippen molar-refractivity contribution in [2.75, 3.05) is 19.8 Å². The van der Waals surface area contributed by atoms with Crippen molar-refractivity contribution in [3.8, 4) is 5.75 Å². The Labute approximate surface area is 107 Å². The Morgan fingerprint density at radius 1 is 1.35 bits per heavy atom. The number of hydrogen-bond donors (Lipinski definition) is 2. The molecule has 94 valence electrons. The molecule has 1 heterocycles. The molecule has 2 N–H and O–H groups in total. The first-order valence-corrected chi connectivity index (χ1v) is 6.39. The first-order valence-electron chi connectivity index (χ1n) is 6.01. The van der Waals surface area contributed by atoms with Crippen LogP contribution in [0.4, 0.5) is 0 Å². The number of nitrogens with one attached hydrogen (secondary N) is 1. The van der Waals surface area contributed by atoms with Gasteiger partial charge in [-0.05, 0) is 43.0 Å². The van der Waals surface area contributed by atoms with Crippen molar-refractivity contribution in [2.24, 2.45) is 5.92 Å². The molecule has 0 aromatic heterocycles. The van der Waals surface area contributed by atoms with Crippen LogP contribution < -0.4 is 5.32 Å². The molecular weight excluding hydrogens is 238 g/mol. The highest BCUT2D eigenvalue weighted by atomic mass is 35.5. The summed E-state index contributed by atoms with van der Waals surface area (Å²) in [6.07, 6.45) is 2.28. The van der Waals surface area contributed by atoms with E-state index in [9.17, 15) is 5.11 Å². The molecule has 1 aromatic carbocycles. The van der Waals surface area contributed by atoms with E-state index in [2.05, 4.69) is 5.32 Å². The van der Waals surface area contributed by atoms with E-state index in [0.29, 0.717) is 5.02 Å². The lowest BCUT2D eigenvalue weighted by molar-refractivity contribution is 0.0662. The summed E-state index contributed by atoms with van der Waals surface area (Å²) >= 11 is 5.85. The van der Waals surface area contributed by atoms with E-state index in [-0.39, 0.29) is 5.75 Å². The molecule has 17 heavy (non-hydrogen) atoms. The van der Waals surface area contributed by atoms with Gasteiger partial charge in [-0.2, -0.15) is 0 Å². The number of benzene rings is 1. The molecule has 0 amide bonds. The van der Waals surface area contributed by atoms with E-state index in [4.69, 9.17) is 16.3 Å². The van der Waals surface area contributed by atoms with Crippen LogP contribution in [0.1, 0.15) is 18.4 Å². The van der Waals surface area contributed by atoms with Crippen molar-refractivity contribution in [3.63, 3.8) is 0 Å². The highest BCUT2D eigenvalue weighted by molar-refractivity contribution is 6.32. The lowest BCUT2D eigenvalue weighted by atomic mass is 10.0. The SMILES string of the molecule is Oc1ccc(CNCC2CCOCC2)cc1Cl. The molecule has 0 aliphatic carbocycles. The highest BCUT2D eigenvalue weighted by Gasteiger charge is 2.12. The Morgan fingerprint density at radius 3 is 2.82 bits per heavy atom. The topological polar surface area (TPSA) is 41.5 Å². The third-order valence-corrected chi connectivity index (χ3v) is 3.42. The molecule has 1 aliphatic rings. The summed E-state index contributed by atoms with van der Waals surface area (Å²) in [6, 6.07) is 5.32. The maximum Gasteiger partial charge on any atom is 0.134 e. The summed E-state index contributed by atoms with van der Waals surface area (Å²) in [6.45, 7) is 3.58. The van der Waals surface area contributed by atoms with E-state index in [1.807, 2.05) is 6.07 Å². The number of phenolic OH excluding ortho intramolecular Hbond substituents is 1. The molecule has 0 bridgehead atoms. The second kappa shape index (κ2) is 6.24. The Balaban J connectivity index is 1.75. The van der Waals surface area contributed by atoms with Crippen molar-refractivity contribution in [1.82, 2.24) is 5.32 Å². The van der Waals surface area contributed by atoms with Crippen LogP contribution in [0.5, 0.6) is 5.75 Å². The third-order valence-electron chi connectivity index (χ3n) is 3.12. The minimum atomic E-state index is 0.139. The summed E-state index contributed by atoms with van der Waals surface area (Å²) in [4.78, 5) is 0. The van der Waals surface area contributed by atoms with Crippen molar-refractivity contribution >= 4 is 11.6 Å². The monoisotopic (exact) mass is 255 g/mol. The van der Waals surface area contributed by atoms with E-state index < -0.39 is 0 Å². The quantitative estimate of drug-likeness (QED) is 0.869. The lowest BCUT2D eigenvalue weighted by Crippen LogP contribution is -2.27. The summed E-state index contributed by atoms with van der Waals surface area (Å²) < 4.78 is 5.32. The van der Waals surface area contributed by atoms with Crippen LogP contribution in [-0.4, -0.2) is 24.9 Å². The molecule has 3 nitrogen and oxygen atoms in total. The van der Waals surface area contributed by atoms with Crippen LogP contribution >= 0.6 is 11.6 Å². The van der Waals surface area contributed by atoms with E-state index in [0.717, 1.165) is 50.6 Å². The van der Waals surface area contributed by atoms with Crippen LogP contribution in [0.2, 0.25) is 5.02 Å². The highest BCUT2D eigenvalue weighted by Crippen LogP contribution is 2.23. The largest absolute Gasteiger partial charge is 0.506 e. The number of rotatable bonds is 4. The number of hydrogen-bond acceptors (Lipinski definition) is 3. The third kappa shape index (κ3) is 3.87. The standard InChI is InChI=1S/C13H18ClNO2/c14-12-7-11(1-2-13(12)16)9-15-8-10-3-5-17-6-4-10/h1-2,7,10,15-16H,3-6,8-9H2. The van der Waals surface area contributed by atoms with Gasteiger partial charge in [0, 0.05) is 19.8 Å². The zero-order chi connectivity index (χ0) is 12.1. The number of phenols is 1. The van der Waals surface area contributed by atoms with Crippen molar-refractivity contribution in [3.05, 3.63) is 28.8 Å². The number of ether oxygens (including phenoxy) is 1. The van der Waals surface area contributed by atoms with Gasteiger partial charge in [0.15, 0.2) is 0 Å². The Kier molecular flexibility index (Phi) is 4.66. The fraction of sp³-hybridized carbons (Fsp3) is 0.538. The van der Waals surface area contributed by atoms with Crippen LogP contribution in [-0.2, 0) is 11.3 Å². The average Bonchev–Trinajstić information content (AvgIpc) is 2.35. The second-order valence-electron chi connectivity index (χ2n) is 4.47. The minimum absolute atomic E-state index is 0.139. The molecule has 0 unspecified atom stereocenters. The maximum atomic E-state index is 9.31. The predicted molar refractivity (Wildman–Crippen MR) is 68.4 cm³/mol. The average molecular weight is 256 g/mol. The van der Waals surface area contributed by atoms with Gasteiger partial charge in [-0.25, -0.2) is 0 Å². The number of aromatic hydroxyl groups is 1. The summed E-state index contributed by atoms with van der Waals surface area (Å²) in [5.74, 6) is 0.858. The molecule has 2 rings (SSSR count). The van der Waals surface area contributed by atoms with Crippen molar-refractivity contribution in [1.29, 1.82) is 0 Å². The zero-order valence-electron chi connectivity index (χ0n) is 9.79. The molecule has 1 fully saturated rings. The Hall–Kier alpha value is -0.770. The lowest BCUT2D eigenvalue weighted by Gasteiger charge is -2.22. The van der Waals surface area contributed by atoms with E-state index in [1.165, 1.54) is 0 Å². The van der Waals surface area contributed by atoms with Gasteiger partial charge in [0.1, 0.15) is 5.75 Å². The first kappa shape index (κ1) is 12.7. The molecule has 0 atom stereocenters. The van der Waals surface area contributed by atoms with Gasteiger partial charge < -0.3 is 15.2 Å². The van der Waals surface area contributed by atoms with Crippen molar-refractivity contribution < 1.29 is 9.84 Å². The number of halogens is 1. The molecule has 4 heteroatoms. The van der Waals surface area contributed by atoms with Gasteiger partial charge in [-0.15, -0.1) is 0 Å². The van der Waals surface area contributed by atoms with Gasteiger partial charge in [-0.3, -0.25) is 0 Å². The fourth-order valence-corrected chi connectivity index (χ4v) is 2.23.